The Bertz CT molecular complexity index is 815. The molecule has 0 fully saturated rings. The molecule has 5 nitrogen and oxygen atoms in total. The Balaban J connectivity index is 2.08. The van der Waals surface area contributed by atoms with Gasteiger partial charge in [-0.25, -0.2) is 9.18 Å². The summed E-state index contributed by atoms with van der Waals surface area (Å²) in [6.07, 6.45) is 1.44. The number of carbonyl (C=O) groups excluding carboxylic acids is 3. The zero-order chi connectivity index (χ0) is 18.2. The second kappa shape index (κ2) is 8.54. The van der Waals surface area contributed by atoms with Crippen LogP contribution in [0.5, 0.6) is 0 Å². The van der Waals surface area contributed by atoms with Crippen LogP contribution in [0.1, 0.15) is 22.8 Å². The van der Waals surface area contributed by atoms with E-state index >= 15 is 0 Å². The normalized spacial score (nSPS) is 10.9. The van der Waals surface area contributed by atoms with E-state index in [1.165, 1.54) is 31.2 Å². The highest BCUT2D eigenvalue weighted by Crippen LogP contribution is 2.08. The minimum atomic E-state index is -0.858. The highest BCUT2D eigenvalue weighted by molar-refractivity contribution is 6.01. The molecule has 0 aliphatic rings. The Morgan fingerprint density at radius 1 is 1.08 bits per heavy atom. The SMILES string of the molecule is CC(=O)N/C(=C\c1ccccc1)C(=O)OCC(=O)c1cccc(F)c1. The van der Waals surface area contributed by atoms with Crippen molar-refractivity contribution in [1.29, 1.82) is 0 Å². The summed E-state index contributed by atoms with van der Waals surface area (Å²) < 4.78 is 18.1. The standard InChI is InChI=1S/C19H16FNO4/c1-13(22)21-17(10-14-6-3-2-4-7-14)19(24)25-12-18(23)15-8-5-9-16(20)11-15/h2-11H,12H2,1H3,(H,21,22)/b17-10-. The fourth-order valence-corrected chi connectivity index (χ4v) is 2.01. The van der Waals surface area contributed by atoms with E-state index in [-0.39, 0.29) is 11.3 Å². The lowest BCUT2D eigenvalue weighted by molar-refractivity contribution is -0.139. The molecule has 0 aliphatic carbocycles. The fourth-order valence-electron chi connectivity index (χ4n) is 2.01. The van der Waals surface area contributed by atoms with Crippen LogP contribution >= 0.6 is 0 Å². The maximum atomic E-state index is 13.1. The molecular formula is C19H16FNO4. The quantitative estimate of drug-likeness (QED) is 0.498. The van der Waals surface area contributed by atoms with Gasteiger partial charge in [-0.1, -0.05) is 42.5 Å². The molecule has 25 heavy (non-hydrogen) atoms. The van der Waals surface area contributed by atoms with Gasteiger partial charge in [0.05, 0.1) is 0 Å². The number of ketones is 1. The van der Waals surface area contributed by atoms with E-state index in [9.17, 15) is 18.8 Å². The van der Waals surface area contributed by atoms with Gasteiger partial charge in [-0.2, -0.15) is 0 Å². The monoisotopic (exact) mass is 341 g/mol. The van der Waals surface area contributed by atoms with Crippen molar-refractivity contribution in [2.45, 2.75) is 6.92 Å². The Hall–Kier alpha value is -3.28. The summed E-state index contributed by atoms with van der Waals surface area (Å²) in [5.41, 5.74) is 0.686. The molecule has 2 aromatic carbocycles. The second-order valence-electron chi connectivity index (χ2n) is 5.16. The van der Waals surface area contributed by atoms with Gasteiger partial charge in [0.25, 0.3) is 0 Å². The largest absolute Gasteiger partial charge is 0.453 e. The predicted molar refractivity (Wildman–Crippen MR) is 89.9 cm³/mol. The molecule has 1 amide bonds. The van der Waals surface area contributed by atoms with Crippen molar-refractivity contribution in [3.63, 3.8) is 0 Å². The van der Waals surface area contributed by atoms with Crippen LogP contribution < -0.4 is 5.32 Å². The highest BCUT2D eigenvalue weighted by Gasteiger charge is 2.16. The molecule has 128 valence electrons. The third-order valence-electron chi connectivity index (χ3n) is 3.12. The van der Waals surface area contributed by atoms with Gasteiger partial charge < -0.3 is 10.1 Å². The lowest BCUT2D eigenvalue weighted by atomic mass is 10.1. The summed E-state index contributed by atoms with van der Waals surface area (Å²) in [6, 6.07) is 13.9. The van der Waals surface area contributed by atoms with Gasteiger partial charge in [0, 0.05) is 12.5 Å². The van der Waals surface area contributed by atoms with E-state index in [0.29, 0.717) is 5.56 Å². The van der Waals surface area contributed by atoms with Crippen molar-refractivity contribution in [1.82, 2.24) is 5.32 Å². The van der Waals surface area contributed by atoms with Gasteiger partial charge in [-0.05, 0) is 23.8 Å². The van der Waals surface area contributed by atoms with Crippen LogP contribution in [-0.4, -0.2) is 24.3 Å². The summed E-state index contributed by atoms with van der Waals surface area (Å²) in [7, 11) is 0. The first kappa shape index (κ1) is 18.1. The zero-order valence-corrected chi connectivity index (χ0v) is 13.5. The molecule has 0 aromatic heterocycles. The molecule has 0 aliphatic heterocycles. The van der Waals surface area contributed by atoms with E-state index in [1.807, 2.05) is 6.07 Å². The van der Waals surface area contributed by atoms with Crippen molar-refractivity contribution in [2.75, 3.05) is 6.61 Å². The number of Topliss-reactive ketones (excluding diaryl/α,β-unsaturated/α-hetero) is 1. The van der Waals surface area contributed by atoms with Gasteiger partial charge >= 0.3 is 5.97 Å². The fraction of sp³-hybridized carbons (Fsp3) is 0.105. The third-order valence-corrected chi connectivity index (χ3v) is 3.12. The van der Waals surface area contributed by atoms with Crippen molar-refractivity contribution < 1.29 is 23.5 Å². The summed E-state index contributed by atoms with van der Waals surface area (Å²) in [4.78, 5) is 35.4. The number of hydrogen-bond acceptors (Lipinski definition) is 4. The van der Waals surface area contributed by atoms with Gasteiger partial charge in [0.2, 0.25) is 5.91 Å². The molecule has 6 heteroatoms. The molecule has 0 heterocycles. The molecule has 1 N–H and O–H groups in total. The molecule has 0 unspecified atom stereocenters. The number of rotatable bonds is 6. The van der Waals surface area contributed by atoms with Gasteiger partial charge in [-0.3, -0.25) is 9.59 Å². The average Bonchev–Trinajstić information content (AvgIpc) is 2.59. The first-order valence-electron chi connectivity index (χ1n) is 7.46. The predicted octanol–water partition coefficient (Wildman–Crippen LogP) is 2.73. The smallest absolute Gasteiger partial charge is 0.355 e. The van der Waals surface area contributed by atoms with E-state index in [2.05, 4.69) is 5.32 Å². The molecule has 2 aromatic rings. The zero-order valence-electron chi connectivity index (χ0n) is 13.5. The van der Waals surface area contributed by atoms with Crippen LogP contribution in [0.4, 0.5) is 4.39 Å². The van der Waals surface area contributed by atoms with Crippen LogP contribution in [0.2, 0.25) is 0 Å². The van der Waals surface area contributed by atoms with E-state index in [1.54, 1.807) is 24.3 Å². The highest BCUT2D eigenvalue weighted by atomic mass is 19.1. The number of halogens is 1. The van der Waals surface area contributed by atoms with Crippen LogP contribution in [-0.2, 0) is 14.3 Å². The van der Waals surface area contributed by atoms with Crippen LogP contribution in [0, 0.1) is 5.82 Å². The van der Waals surface area contributed by atoms with Crippen molar-refractivity contribution in [2.24, 2.45) is 0 Å². The summed E-state index contributed by atoms with van der Waals surface area (Å²) in [6.45, 7) is 0.692. The lowest BCUT2D eigenvalue weighted by Gasteiger charge is -2.09. The van der Waals surface area contributed by atoms with Crippen molar-refractivity contribution >= 4 is 23.7 Å². The lowest BCUT2D eigenvalue weighted by Crippen LogP contribution is -2.27. The summed E-state index contributed by atoms with van der Waals surface area (Å²) in [5, 5.41) is 2.38. The second-order valence-corrected chi connectivity index (χ2v) is 5.16. The van der Waals surface area contributed by atoms with Crippen molar-refractivity contribution in [3.8, 4) is 0 Å². The van der Waals surface area contributed by atoms with Gasteiger partial charge in [-0.15, -0.1) is 0 Å². The van der Waals surface area contributed by atoms with Crippen LogP contribution in [0.25, 0.3) is 6.08 Å². The molecule has 0 bridgehead atoms. The number of esters is 1. The van der Waals surface area contributed by atoms with E-state index in [4.69, 9.17) is 4.74 Å². The Morgan fingerprint density at radius 2 is 1.80 bits per heavy atom. The van der Waals surface area contributed by atoms with Crippen LogP contribution in [0.15, 0.2) is 60.3 Å². The van der Waals surface area contributed by atoms with Gasteiger partial charge in [0.15, 0.2) is 12.4 Å². The molecule has 2 rings (SSSR count). The maximum Gasteiger partial charge on any atom is 0.355 e. The first-order valence-corrected chi connectivity index (χ1v) is 7.46. The summed E-state index contributed by atoms with van der Waals surface area (Å²) >= 11 is 0. The Labute approximate surface area is 144 Å². The Morgan fingerprint density at radius 3 is 2.44 bits per heavy atom. The molecule has 0 radical (unpaired) electrons. The summed E-state index contributed by atoms with van der Waals surface area (Å²) in [5.74, 6) is -2.41. The number of carbonyl (C=O) groups is 3. The maximum absolute atomic E-state index is 13.1. The number of hydrogen-bond donors (Lipinski definition) is 1. The number of amides is 1. The molecule has 0 spiro atoms. The van der Waals surface area contributed by atoms with E-state index < -0.39 is 30.1 Å². The number of nitrogens with one attached hydrogen (secondary N) is 1. The number of ether oxygens (including phenoxy) is 1. The van der Waals surface area contributed by atoms with Crippen LogP contribution in [0.3, 0.4) is 0 Å². The van der Waals surface area contributed by atoms with Crippen molar-refractivity contribution in [3.05, 3.63) is 77.2 Å². The minimum absolute atomic E-state index is 0.0919. The average molecular weight is 341 g/mol. The first-order chi connectivity index (χ1) is 12.0. The van der Waals surface area contributed by atoms with Gasteiger partial charge in [0.1, 0.15) is 11.5 Å². The minimum Gasteiger partial charge on any atom is -0.453 e. The van der Waals surface area contributed by atoms with E-state index in [0.717, 1.165) is 6.07 Å². The molecular weight excluding hydrogens is 325 g/mol. The Kier molecular flexibility index (Phi) is 6.17. The number of benzene rings is 2. The molecule has 0 saturated carbocycles. The topological polar surface area (TPSA) is 72.5 Å². The third kappa shape index (κ3) is 5.69. The molecule has 0 atom stereocenters. The molecule has 0 saturated heterocycles.